The zero-order valence-electron chi connectivity index (χ0n) is 8.95. The molecule has 0 spiro atoms. The number of hydrogen-bond donors (Lipinski definition) is 2. The molecule has 0 saturated carbocycles. The van der Waals surface area contributed by atoms with Crippen molar-refractivity contribution < 1.29 is 5.11 Å². The number of phenolic OH excluding ortho intramolecular Hbond substituents is 1. The molecule has 0 unspecified atom stereocenters. The van der Waals surface area contributed by atoms with E-state index in [1.54, 1.807) is 12.1 Å². The molecule has 0 atom stereocenters. The van der Waals surface area contributed by atoms with E-state index in [1.807, 2.05) is 30.3 Å². The summed E-state index contributed by atoms with van der Waals surface area (Å²) in [5.74, 6) is 0.290. The largest absolute Gasteiger partial charge is 0.508 e. The van der Waals surface area contributed by atoms with Crippen LogP contribution in [0.15, 0.2) is 51.4 Å². The molecule has 0 bridgehead atoms. The van der Waals surface area contributed by atoms with Crippen molar-refractivity contribution >= 4 is 37.5 Å². The first-order valence-corrected chi connectivity index (χ1v) is 6.70. The topological polar surface area (TPSA) is 32.3 Å². The molecule has 0 heterocycles. The van der Waals surface area contributed by atoms with Crippen LogP contribution in [0.3, 0.4) is 0 Å². The molecule has 0 amide bonds. The number of nitrogens with one attached hydrogen (secondary N) is 1. The van der Waals surface area contributed by atoms with Gasteiger partial charge in [0, 0.05) is 21.2 Å². The van der Waals surface area contributed by atoms with Gasteiger partial charge in [0.25, 0.3) is 0 Å². The molecule has 2 aromatic carbocycles. The minimum Gasteiger partial charge on any atom is -0.508 e. The van der Waals surface area contributed by atoms with Crippen LogP contribution in [0.25, 0.3) is 0 Å². The van der Waals surface area contributed by atoms with Crippen LogP contribution in [0.5, 0.6) is 5.75 Å². The maximum Gasteiger partial charge on any atom is 0.115 e. The molecular formula is C13H11Br2NO. The van der Waals surface area contributed by atoms with Gasteiger partial charge in [0.05, 0.1) is 0 Å². The van der Waals surface area contributed by atoms with Crippen molar-refractivity contribution in [1.29, 1.82) is 0 Å². The van der Waals surface area contributed by atoms with Gasteiger partial charge in [-0.15, -0.1) is 0 Å². The monoisotopic (exact) mass is 355 g/mol. The Bertz CT molecular complexity index is 511. The first-order chi connectivity index (χ1) is 8.15. The SMILES string of the molecule is Oc1ccc(CNc2ccc(Br)cc2Br)cc1. The smallest absolute Gasteiger partial charge is 0.115 e. The van der Waals surface area contributed by atoms with Crippen molar-refractivity contribution in [3.63, 3.8) is 0 Å². The van der Waals surface area contributed by atoms with Crippen LogP contribution in [-0.4, -0.2) is 5.11 Å². The van der Waals surface area contributed by atoms with E-state index in [1.165, 1.54) is 0 Å². The number of hydrogen-bond acceptors (Lipinski definition) is 2. The normalized spacial score (nSPS) is 10.2. The van der Waals surface area contributed by atoms with Gasteiger partial charge in [-0.2, -0.15) is 0 Å². The average Bonchev–Trinajstić information content (AvgIpc) is 2.30. The molecule has 0 aliphatic carbocycles. The van der Waals surface area contributed by atoms with Gasteiger partial charge < -0.3 is 10.4 Å². The van der Waals surface area contributed by atoms with Crippen LogP contribution in [0.2, 0.25) is 0 Å². The molecule has 2 aromatic rings. The fourth-order valence-electron chi connectivity index (χ4n) is 1.44. The standard InChI is InChI=1S/C13H11Br2NO/c14-10-3-6-13(12(15)7-10)16-8-9-1-4-11(17)5-2-9/h1-7,16-17H,8H2. The highest BCUT2D eigenvalue weighted by Gasteiger charge is 2.00. The molecule has 0 saturated heterocycles. The van der Waals surface area contributed by atoms with E-state index in [4.69, 9.17) is 0 Å². The van der Waals surface area contributed by atoms with Crippen molar-refractivity contribution in [1.82, 2.24) is 0 Å². The summed E-state index contributed by atoms with van der Waals surface area (Å²) in [4.78, 5) is 0. The Morgan fingerprint density at radius 1 is 1.00 bits per heavy atom. The molecule has 88 valence electrons. The summed E-state index contributed by atoms with van der Waals surface area (Å²) in [7, 11) is 0. The zero-order valence-corrected chi connectivity index (χ0v) is 12.1. The van der Waals surface area contributed by atoms with E-state index in [-0.39, 0.29) is 0 Å². The maximum atomic E-state index is 9.18. The number of benzene rings is 2. The van der Waals surface area contributed by atoms with Crippen molar-refractivity contribution in [3.8, 4) is 5.75 Å². The molecule has 0 aliphatic rings. The van der Waals surface area contributed by atoms with Crippen LogP contribution in [0.1, 0.15) is 5.56 Å². The number of halogens is 2. The predicted octanol–water partition coefficient (Wildman–Crippen LogP) is 4.53. The molecule has 0 aromatic heterocycles. The van der Waals surface area contributed by atoms with Gasteiger partial charge in [0.1, 0.15) is 5.75 Å². The van der Waals surface area contributed by atoms with Crippen LogP contribution < -0.4 is 5.32 Å². The quantitative estimate of drug-likeness (QED) is 0.846. The molecular weight excluding hydrogens is 346 g/mol. The van der Waals surface area contributed by atoms with E-state index in [0.29, 0.717) is 5.75 Å². The van der Waals surface area contributed by atoms with E-state index in [9.17, 15) is 5.11 Å². The maximum absolute atomic E-state index is 9.18. The van der Waals surface area contributed by atoms with Crippen molar-refractivity contribution in [2.75, 3.05) is 5.32 Å². The first-order valence-electron chi connectivity index (χ1n) is 5.12. The van der Waals surface area contributed by atoms with Crippen molar-refractivity contribution in [3.05, 3.63) is 57.0 Å². The fraction of sp³-hybridized carbons (Fsp3) is 0.0769. The van der Waals surface area contributed by atoms with Crippen LogP contribution in [-0.2, 0) is 6.54 Å². The average molecular weight is 357 g/mol. The highest BCUT2D eigenvalue weighted by Crippen LogP contribution is 2.26. The minimum atomic E-state index is 0.290. The number of rotatable bonds is 3. The lowest BCUT2D eigenvalue weighted by atomic mass is 10.2. The second-order valence-corrected chi connectivity index (χ2v) is 5.41. The van der Waals surface area contributed by atoms with Gasteiger partial charge >= 0.3 is 0 Å². The Balaban J connectivity index is 2.04. The lowest BCUT2D eigenvalue weighted by molar-refractivity contribution is 0.475. The number of anilines is 1. The van der Waals surface area contributed by atoms with Crippen LogP contribution in [0.4, 0.5) is 5.69 Å². The summed E-state index contributed by atoms with van der Waals surface area (Å²) in [6.07, 6.45) is 0. The van der Waals surface area contributed by atoms with Crippen LogP contribution in [0, 0.1) is 0 Å². The van der Waals surface area contributed by atoms with E-state index in [0.717, 1.165) is 26.7 Å². The molecule has 4 heteroatoms. The third kappa shape index (κ3) is 3.48. The summed E-state index contributed by atoms with van der Waals surface area (Å²) in [5, 5.41) is 12.5. The lowest BCUT2D eigenvalue weighted by Gasteiger charge is -2.09. The predicted molar refractivity (Wildman–Crippen MR) is 77.3 cm³/mol. The fourth-order valence-corrected chi connectivity index (χ4v) is 2.63. The molecule has 2 N–H and O–H groups in total. The summed E-state index contributed by atoms with van der Waals surface area (Å²) >= 11 is 6.91. The summed E-state index contributed by atoms with van der Waals surface area (Å²) < 4.78 is 2.06. The Hall–Kier alpha value is -1.000. The third-order valence-electron chi connectivity index (χ3n) is 2.35. The van der Waals surface area contributed by atoms with E-state index >= 15 is 0 Å². The van der Waals surface area contributed by atoms with Crippen molar-refractivity contribution in [2.45, 2.75) is 6.54 Å². The van der Waals surface area contributed by atoms with E-state index in [2.05, 4.69) is 37.2 Å². The highest BCUT2D eigenvalue weighted by atomic mass is 79.9. The van der Waals surface area contributed by atoms with Gasteiger partial charge in [-0.1, -0.05) is 28.1 Å². The lowest BCUT2D eigenvalue weighted by Crippen LogP contribution is -1.99. The van der Waals surface area contributed by atoms with Gasteiger partial charge in [0.15, 0.2) is 0 Å². The summed E-state index contributed by atoms with van der Waals surface area (Å²) in [6.45, 7) is 0.723. The Morgan fingerprint density at radius 3 is 2.35 bits per heavy atom. The summed E-state index contributed by atoms with van der Waals surface area (Å²) in [6, 6.07) is 13.2. The number of aromatic hydroxyl groups is 1. The van der Waals surface area contributed by atoms with Crippen molar-refractivity contribution in [2.24, 2.45) is 0 Å². The summed E-state index contributed by atoms with van der Waals surface area (Å²) in [5.41, 5.74) is 2.17. The molecule has 2 nitrogen and oxygen atoms in total. The second-order valence-electron chi connectivity index (χ2n) is 3.64. The highest BCUT2D eigenvalue weighted by molar-refractivity contribution is 9.11. The number of phenols is 1. The van der Waals surface area contributed by atoms with Crippen LogP contribution >= 0.6 is 31.9 Å². The molecule has 0 fully saturated rings. The zero-order chi connectivity index (χ0) is 12.3. The molecule has 0 aliphatic heterocycles. The third-order valence-corrected chi connectivity index (χ3v) is 3.50. The second kappa shape index (κ2) is 5.56. The first kappa shape index (κ1) is 12.5. The molecule has 17 heavy (non-hydrogen) atoms. The van der Waals surface area contributed by atoms with Gasteiger partial charge in [-0.05, 0) is 51.8 Å². The van der Waals surface area contributed by atoms with E-state index < -0.39 is 0 Å². The van der Waals surface area contributed by atoms with Gasteiger partial charge in [0.2, 0.25) is 0 Å². The Morgan fingerprint density at radius 2 is 1.71 bits per heavy atom. The van der Waals surface area contributed by atoms with Gasteiger partial charge in [-0.25, -0.2) is 0 Å². The Labute approximate surface area is 117 Å². The van der Waals surface area contributed by atoms with Gasteiger partial charge in [-0.3, -0.25) is 0 Å². The minimum absolute atomic E-state index is 0.290. The molecule has 2 rings (SSSR count). The Kier molecular flexibility index (Phi) is 4.07. The molecule has 0 radical (unpaired) electrons.